The Morgan fingerprint density at radius 1 is 1.23 bits per heavy atom. The van der Waals surface area contributed by atoms with Gasteiger partial charge in [0, 0.05) is 32.2 Å². The lowest BCUT2D eigenvalue weighted by Gasteiger charge is -2.43. The number of halogens is 3. The third kappa shape index (κ3) is 4.00. The van der Waals surface area contributed by atoms with Gasteiger partial charge in [-0.2, -0.15) is 13.2 Å². The quantitative estimate of drug-likeness (QED) is 0.856. The molecule has 1 unspecified atom stereocenters. The molecule has 1 amide bonds. The smallest absolute Gasteiger partial charge is 0.332 e. The average Bonchev–Trinajstić information content (AvgIpc) is 2.47. The molecule has 1 heterocycles. The van der Waals surface area contributed by atoms with Gasteiger partial charge in [0.1, 0.15) is 0 Å². The van der Waals surface area contributed by atoms with Crippen molar-refractivity contribution in [3.63, 3.8) is 0 Å². The summed E-state index contributed by atoms with van der Waals surface area (Å²) in [7, 11) is 0. The van der Waals surface area contributed by atoms with Crippen molar-refractivity contribution in [3.8, 4) is 0 Å². The normalized spacial score (nSPS) is 20.5. The van der Waals surface area contributed by atoms with E-state index >= 15 is 0 Å². The Kier molecular flexibility index (Phi) is 5.11. The van der Waals surface area contributed by atoms with E-state index in [9.17, 15) is 18.0 Å². The minimum absolute atomic E-state index is 0.0692. The van der Waals surface area contributed by atoms with Crippen LogP contribution in [0, 0.1) is 5.92 Å². The Morgan fingerprint density at radius 3 is 2.41 bits per heavy atom. The molecule has 1 aliphatic heterocycles. The number of carbonyl (C=O) groups excluding carboxylic acids is 1. The van der Waals surface area contributed by atoms with Crippen LogP contribution in [-0.2, 0) is 11.3 Å². The number of nitrogens with zero attached hydrogens (tertiary/aromatic N) is 2. The van der Waals surface area contributed by atoms with Crippen molar-refractivity contribution in [2.24, 2.45) is 5.92 Å². The van der Waals surface area contributed by atoms with E-state index in [1.165, 1.54) is 0 Å². The first kappa shape index (κ1) is 16.8. The van der Waals surface area contributed by atoms with Crippen molar-refractivity contribution in [3.05, 3.63) is 35.9 Å². The number of rotatable bonds is 3. The van der Waals surface area contributed by atoms with E-state index < -0.39 is 12.1 Å². The van der Waals surface area contributed by atoms with Crippen molar-refractivity contribution in [1.29, 1.82) is 0 Å². The highest BCUT2D eigenvalue weighted by atomic mass is 19.4. The molecule has 1 saturated heterocycles. The number of hydrogen-bond acceptors (Lipinski definition) is 2. The zero-order chi connectivity index (χ0) is 16.3. The standard InChI is InChI=1S/C16H21F3N2O/c1-12(2)14-11-21(15(22)16(17,18)19)9-8-20(14)10-13-6-4-3-5-7-13/h3-7,12,14H,8-11H2,1-2H3. The summed E-state index contributed by atoms with van der Waals surface area (Å²) in [5.74, 6) is -1.55. The van der Waals surface area contributed by atoms with Crippen molar-refractivity contribution in [1.82, 2.24) is 9.80 Å². The first-order valence-electron chi connectivity index (χ1n) is 7.43. The zero-order valence-electron chi connectivity index (χ0n) is 12.8. The van der Waals surface area contributed by atoms with Crippen LogP contribution in [0.25, 0.3) is 0 Å². The first-order chi connectivity index (χ1) is 10.3. The Bertz CT molecular complexity index is 502. The van der Waals surface area contributed by atoms with Crippen LogP contribution in [0.4, 0.5) is 13.2 Å². The van der Waals surface area contributed by atoms with E-state index in [4.69, 9.17) is 0 Å². The summed E-state index contributed by atoms with van der Waals surface area (Å²) < 4.78 is 37.8. The molecule has 3 nitrogen and oxygen atoms in total. The van der Waals surface area contributed by atoms with Crippen LogP contribution in [0.15, 0.2) is 30.3 Å². The van der Waals surface area contributed by atoms with Gasteiger partial charge in [-0.05, 0) is 11.5 Å². The molecule has 0 N–H and O–H groups in total. The second kappa shape index (κ2) is 6.69. The third-order valence-electron chi connectivity index (χ3n) is 4.06. The highest BCUT2D eigenvalue weighted by Gasteiger charge is 2.44. The monoisotopic (exact) mass is 314 g/mol. The van der Waals surface area contributed by atoms with E-state index in [2.05, 4.69) is 4.90 Å². The molecule has 122 valence electrons. The van der Waals surface area contributed by atoms with Crippen LogP contribution in [0.3, 0.4) is 0 Å². The number of benzene rings is 1. The number of alkyl halides is 3. The van der Waals surface area contributed by atoms with Crippen LogP contribution in [-0.4, -0.2) is 47.6 Å². The first-order valence-corrected chi connectivity index (χ1v) is 7.43. The molecule has 22 heavy (non-hydrogen) atoms. The topological polar surface area (TPSA) is 23.6 Å². The molecule has 2 rings (SSSR count). The zero-order valence-corrected chi connectivity index (χ0v) is 12.8. The van der Waals surface area contributed by atoms with Crippen LogP contribution >= 0.6 is 0 Å². The second-order valence-corrected chi connectivity index (χ2v) is 6.02. The Balaban J connectivity index is 2.07. The van der Waals surface area contributed by atoms with Gasteiger partial charge in [0.05, 0.1) is 0 Å². The minimum Gasteiger partial charge on any atom is -0.332 e. The molecule has 0 spiro atoms. The number of hydrogen-bond donors (Lipinski definition) is 0. The highest BCUT2D eigenvalue weighted by molar-refractivity contribution is 5.82. The van der Waals surface area contributed by atoms with Crippen molar-refractivity contribution in [2.75, 3.05) is 19.6 Å². The molecule has 0 bridgehead atoms. The van der Waals surface area contributed by atoms with E-state index in [-0.39, 0.29) is 25.0 Å². The van der Waals surface area contributed by atoms with Gasteiger partial charge in [0.25, 0.3) is 0 Å². The SMILES string of the molecule is CC(C)C1CN(C(=O)C(F)(F)F)CCN1Cc1ccccc1. The van der Waals surface area contributed by atoms with Crippen LogP contribution in [0.2, 0.25) is 0 Å². The predicted octanol–water partition coefficient (Wildman–Crippen LogP) is 2.92. The molecule has 1 fully saturated rings. The summed E-state index contributed by atoms with van der Waals surface area (Å²) in [5.41, 5.74) is 1.13. The Hall–Kier alpha value is -1.56. The molecule has 0 aromatic heterocycles. The van der Waals surface area contributed by atoms with E-state index in [0.29, 0.717) is 13.1 Å². The van der Waals surface area contributed by atoms with E-state index in [1.807, 2.05) is 44.2 Å². The van der Waals surface area contributed by atoms with Crippen molar-refractivity contribution < 1.29 is 18.0 Å². The lowest BCUT2D eigenvalue weighted by Crippen LogP contribution is -2.58. The summed E-state index contributed by atoms with van der Waals surface area (Å²) in [6.07, 6.45) is -4.79. The summed E-state index contributed by atoms with van der Waals surface area (Å²) in [6.45, 7) is 5.35. The molecule has 0 radical (unpaired) electrons. The van der Waals surface area contributed by atoms with Gasteiger partial charge in [-0.1, -0.05) is 44.2 Å². The molecule has 0 saturated carbocycles. The van der Waals surface area contributed by atoms with Gasteiger partial charge < -0.3 is 4.90 Å². The van der Waals surface area contributed by atoms with E-state index in [0.717, 1.165) is 10.5 Å². The summed E-state index contributed by atoms with van der Waals surface area (Å²) in [5, 5.41) is 0. The van der Waals surface area contributed by atoms with Gasteiger partial charge in [0.15, 0.2) is 0 Å². The average molecular weight is 314 g/mol. The number of carbonyl (C=O) groups is 1. The fourth-order valence-corrected chi connectivity index (χ4v) is 2.86. The van der Waals surface area contributed by atoms with Crippen molar-refractivity contribution in [2.45, 2.75) is 32.6 Å². The van der Waals surface area contributed by atoms with Gasteiger partial charge >= 0.3 is 12.1 Å². The predicted molar refractivity (Wildman–Crippen MR) is 78.1 cm³/mol. The molecular formula is C16H21F3N2O. The maximum Gasteiger partial charge on any atom is 0.471 e. The Morgan fingerprint density at radius 2 is 1.86 bits per heavy atom. The minimum atomic E-state index is -4.79. The van der Waals surface area contributed by atoms with Gasteiger partial charge in [-0.25, -0.2) is 0 Å². The summed E-state index contributed by atoms with van der Waals surface area (Å²) in [4.78, 5) is 14.5. The van der Waals surface area contributed by atoms with Gasteiger partial charge in [-0.15, -0.1) is 0 Å². The Labute approximate surface area is 128 Å². The van der Waals surface area contributed by atoms with Gasteiger partial charge in [0.2, 0.25) is 0 Å². The third-order valence-corrected chi connectivity index (χ3v) is 4.06. The molecule has 1 aliphatic rings. The largest absolute Gasteiger partial charge is 0.471 e. The number of amides is 1. The molecule has 1 aromatic carbocycles. The molecule has 1 atom stereocenters. The maximum atomic E-state index is 12.6. The number of piperazine rings is 1. The fraction of sp³-hybridized carbons (Fsp3) is 0.562. The lowest BCUT2D eigenvalue weighted by atomic mass is 9.98. The highest BCUT2D eigenvalue weighted by Crippen LogP contribution is 2.24. The molecule has 0 aliphatic carbocycles. The maximum absolute atomic E-state index is 12.6. The fourth-order valence-electron chi connectivity index (χ4n) is 2.86. The summed E-state index contributed by atoms with van der Waals surface area (Å²) in [6, 6.07) is 9.77. The second-order valence-electron chi connectivity index (χ2n) is 6.02. The van der Waals surface area contributed by atoms with Crippen molar-refractivity contribution >= 4 is 5.91 Å². The van der Waals surface area contributed by atoms with Crippen LogP contribution in [0.1, 0.15) is 19.4 Å². The van der Waals surface area contributed by atoms with Gasteiger partial charge in [-0.3, -0.25) is 9.69 Å². The molecule has 6 heteroatoms. The van der Waals surface area contributed by atoms with Crippen LogP contribution in [0.5, 0.6) is 0 Å². The lowest BCUT2D eigenvalue weighted by molar-refractivity contribution is -0.188. The van der Waals surface area contributed by atoms with Crippen LogP contribution < -0.4 is 0 Å². The van der Waals surface area contributed by atoms with E-state index in [1.54, 1.807) is 0 Å². The molecular weight excluding hydrogens is 293 g/mol. The molecule has 1 aromatic rings. The summed E-state index contributed by atoms with van der Waals surface area (Å²) >= 11 is 0.